The molecule has 0 aromatic carbocycles. The number of carbonyl (C=O) groups excluding carboxylic acids is 1. The zero-order valence-corrected chi connectivity index (χ0v) is 11.1. The van der Waals surface area contributed by atoms with Gasteiger partial charge in [0.05, 0.1) is 0 Å². The minimum Gasteiger partial charge on any atom is -0.349 e. The molecule has 1 fully saturated rings. The molecule has 0 bridgehead atoms. The molecule has 1 saturated heterocycles. The Morgan fingerprint density at radius 1 is 1.50 bits per heavy atom. The maximum atomic E-state index is 11.6. The quantitative estimate of drug-likeness (QED) is 0.727. The molecule has 3 heteroatoms. The second-order valence-electron chi connectivity index (χ2n) is 5.66. The predicted molar refractivity (Wildman–Crippen MR) is 67.3 cm³/mol. The summed E-state index contributed by atoms with van der Waals surface area (Å²) in [5.74, 6) is -0.0162. The van der Waals surface area contributed by atoms with E-state index in [4.69, 9.17) is 0 Å². The van der Waals surface area contributed by atoms with E-state index in [9.17, 15) is 4.79 Å². The van der Waals surface area contributed by atoms with E-state index in [2.05, 4.69) is 44.6 Å². The summed E-state index contributed by atoms with van der Waals surface area (Å²) in [4.78, 5) is 14.0. The molecule has 1 heterocycles. The summed E-state index contributed by atoms with van der Waals surface area (Å²) in [6, 6.07) is 0.768. The molecular weight excluding hydrogens is 200 g/mol. The summed E-state index contributed by atoms with van der Waals surface area (Å²) >= 11 is 0. The summed E-state index contributed by atoms with van der Waals surface area (Å²) in [5, 5.41) is 3.06. The van der Waals surface area contributed by atoms with Gasteiger partial charge in [-0.05, 0) is 47.6 Å². The normalized spacial score (nSPS) is 29.8. The lowest BCUT2D eigenvalue weighted by Gasteiger charge is -2.47. The van der Waals surface area contributed by atoms with E-state index in [0.717, 1.165) is 12.8 Å². The van der Waals surface area contributed by atoms with Crippen molar-refractivity contribution in [2.45, 2.75) is 58.2 Å². The molecular formula is C13H24N2O. The van der Waals surface area contributed by atoms with Gasteiger partial charge >= 0.3 is 0 Å². The van der Waals surface area contributed by atoms with Crippen molar-refractivity contribution in [1.82, 2.24) is 10.2 Å². The van der Waals surface area contributed by atoms with E-state index in [1.165, 1.54) is 0 Å². The van der Waals surface area contributed by atoms with Gasteiger partial charge in [0, 0.05) is 23.2 Å². The molecule has 0 aromatic rings. The van der Waals surface area contributed by atoms with Gasteiger partial charge < -0.3 is 5.32 Å². The van der Waals surface area contributed by atoms with Crippen molar-refractivity contribution < 1.29 is 4.79 Å². The molecule has 1 aliphatic heterocycles. The van der Waals surface area contributed by atoms with E-state index >= 15 is 0 Å². The average molecular weight is 224 g/mol. The number of hydrogen-bond donors (Lipinski definition) is 1. The van der Waals surface area contributed by atoms with Crippen LogP contribution in [0.1, 0.15) is 40.5 Å². The first-order valence-electron chi connectivity index (χ1n) is 5.93. The maximum absolute atomic E-state index is 11.6. The third kappa shape index (κ3) is 2.85. The topological polar surface area (TPSA) is 32.3 Å². The van der Waals surface area contributed by atoms with Gasteiger partial charge in [-0.1, -0.05) is 6.58 Å². The molecule has 0 saturated carbocycles. The highest BCUT2D eigenvalue weighted by Gasteiger charge is 2.36. The Balaban J connectivity index is 2.65. The van der Waals surface area contributed by atoms with Crippen LogP contribution in [0.5, 0.6) is 0 Å². The Morgan fingerprint density at radius 2 is 2.06 bits per heavy atom. The second-order valence-corrected chi connectivity index (χ2v) is 5.66. The first kappa shape index (κ1) is 13.2. The Morgan fingerprint density at radius 3 is 2.50 bits per heavy atom. The average Bonchev–Trinajstić information content (AvgIpc) is 2.13. The fourth-order valence-electron chi connectivity index (χ4n) is 2.42. The van der Waals surface area contributed by atoms with Crippen molar-refractivity contribution >= 4 is 5.91 Å². The van der Waals surface area contributed by atoms with E-state index in [1.54, 1.807) is 6.92 Å². The predicted octanol–water partition coefficient (Wildman–Crippen LogP) is 1.94. The minimum absolute atomic E-state index is 0.0162. The standard InChI is InChI=1S/C13H24N2O/c1-9(2)12(16)14-11-7-10(3)15(6)13(4,5)8-11/h10-11H,1,7-8H2,2-6H3,(H,14,16). The molecule has 0 aromatic heterocycles. The van der Waals surface area contributed by atoms with E-state index < -0.39 is 0 Å². The third-order valence-corrected chi connectivity index (χ3v) is 3.71. The van der Waals surface area contributed by atoms with Gasteiger partial charge in [-0.15, -0.1) is 0 Å². The van der Waals surface area contributed by atoms with Crippen LogP contribution in [0.3, 0.4) is 0 Å². The van der Waals surface area contributed by atoms with Gasteiger partial charge in [0.15, 0.2) is 0 Å². The second kappa shape index (κ2) is 4.58. The zero-order chi connectivity index (χ0) is 12.5. The van der Waals surface area contributed by atoms with Crippen molar-refractivity contribution in [1.29, 1.82) is 0 Å². The lowest BCUT2D eigenvalue weighted by molar-refractivity contribution is -0.119. The van der Waals surface area contributed by atoms with Gasteiger partial charge in [0.1, 0.15) is 0 Å². The summed E-state index contributed by atoms with van der Waals surface area (Å²) in [5.41, 5.74) is 0.731. The zero-order valence-electron chi connectivity index (χ0n) is 11.1. The number of rotatable bonds is 2. The first-order chi connectivity index (χ1) is 7.24. The summed E-state index contributed by atoms with van der Waals surface area (Å²) in [6.07, 6.45) is 2.01. The number of nitrogens with one attached hydrogen (secondary N) is 1. The highest BCUT2D eigenvalue weighted by atomic mass is 16.1. The number of carbonyl (C=O) groups is 1. The molecule has 0 radical (unpaired) electrons. The smallest absolute Gasteiger partial charge is 0.246 e. The van der Waals surface area contributed by atoms with Crippen LogP contribution >= 0.6 is 0 Å². The molecule has 16 heavy (non-hydrogen) atoms. The molecule has 0 spiro atoms. The Bertz CT molecular complexity index is 296. The van der Waals surface area contributed by atoms with Crippen molar-refractivity contribution in [3.05, 3.63) is 12.2 Å². The lowest BCUT2D eigenvalue weighted by atomic mass is 9.84. The highest BCUT2D eigenvalue weighted by Crippen LogP contribution is 2.30. The summed E-state index contributed by atoms with van der Waals surface area (Å²) < 4.78 is 0. The molecule has 1 rings (SSSR count). The largest absolute Gasteiger partial charge is 0.349 e. The van der Waals surface area contributed by atoms with E-state index in [0.29, 0.717) is 11.6 Å². The molecule has 1 amide bonds. The van der Waals surface area contributed by atoms with Crippen molar-refractivity contribution in [3.63, 3.8) is 0 Å². The number of likely N-dealkylation sites (tertiary alicyclic amines) is 1. The first-order valence-corrected chi connectivity index (χ1v) is 5.93. The SMILES string of the molecule is C=C(C)C(=O)NC1CC(C)N(C)C(C)(C)C1. The monoisotopic (exact) mass is 224 g/mol. The fourth-order valence-corrected chi connectivity index (χ4v) is 2.42. The summed E-state index contributed by atoms with van der Waals surface area (Å²) in [7, 11) is 2.15. The van der Waals surface area contributed by atoms with Crippen molar-refractivity contribution in [2.75, 3.05) is 7.05 Å². The Hall–Kier alpha value is -0.830. The molecule has 92 valence electrons. The van der Waals surface area contributed by atoms with Crippen LogP contribution in [0.25, 0.3) is 0 Å². The molecule has 2 atom stereocenters. The highest BCUT2D eigenvalue weighted by molar-refractivity contribution is 5.92. The minimum atomic E-state index is -0.0162. The number of hydrogen-bond acceptors (Lipinski definition) is 2. The number of amides is 1. The fraction of sp³-hybridized carbons (Fsp3) is 0.769. The molecule has 3 nitrogen and oxygen atoms in total. The van der Waals surface area contributed by atoms with Gasteiger partial charge in [0.25, 0.3) is 0 Å². The number of piperidine rings is 1. The van der Waals surface area contributed by atoms with Crippen LogP contribution in [-0.4, -0.2) is 35.5 Å². The Labute approximate surface area is 98.9 Å². The van der Waals surface area contributed by atoms with E-state index in [-0.39, 0.29) is 17.5 Å². The Kier molecular flexibility index (Phi) is 3.79. The van der Waals surface area contributed by atoms with Gasteiger partial charge in [-0.2, -0.15) is 0 Å². The molecule has 2 unspecified atom stereocenters. The van der Waals surface area contributed by atoms with Crippen LogP contribution in [0, 0.1) is 0 Å². The molecule has 0 aliphatic carbocycles. The van der Waals surface area contributed by atoms with Crippen molar-refractivity contribution in [3.8, 4) is 0 Å². The van der Waals surface area contributed by atoms with Crippen molar-refractivity contribution in [2.24, 2.45) is 0 Å². The molecule has 1 aliphatic rings. The summed E-state index contributed by atoms with van der Waals surface area (Å²) in [6.45, 7) is 12.1. The molecule has 1 N–H and O–H groups in total. The maximum Gasteiger partial charge on any atom is 0.246 e. The van der Waals surface area contributed by atoms with Crippen LogP contribution < -0.4 is 5.32 Å². The van der Waals surface area contributed by atoms with Gasteiger partial charge in [-0.25, -0.2) is 0 Å². The van der Waals surface area contributed by atoms with Gasteiger partial charge in [0.2, 0.25) is 5.91 Å². The van der Waals surface area contributed by atoms with Crippen LogP contribution in [0.2, 0.25) is 0 Å². The van der Waals surface area contributed by atoms with E-state index in [1.807, 2.05) is 0 Å². The van der Waals surface area contributed by atoms with Crippen LogP contribution in [0.4, 0.5) is 0 Å². The van der Waals surface area contributed by atoms with Crippen LogP contribution in [0.15, 0.2) is 12.2 Å². The third-order valence-electron chi connectivity index (χ3n) is 3.71. The lowest BCUT2D eigenvalue weighted by Crippen LogP contribution is -2.57. The van der Waals surface area contributed by atoms with Gasteiger partial charge in [-0.3, -0.25) is 9.69 Å². The number of nitrogens with zero attached hydrogens (tertiary/aromatic N) is 1. The van der Waals surface area contributed by atoms with Crippen LogP contribution in [-0.2, 0) is 4.79 Å².